The Kier molecular flexibility index (Phi) is 4.85. The van der Waals surface area contributed by atoms with Crippen molar-refractivity contribution in [2.75, 3.05) is 0 Å². The summed E-state index contributed by atoms with van der Waals surface area (Å²) < 4.78 is 0. The van der Waals surface area contributed by atoms with Crippen molar-refractivity contribution in [3.63, 3.8) is 0 Å². The topological polar surface area (TPSA) is 37.3 Å². The van der Waals surface area contributed by atoms with Crippen molar-refractivity contribution in [2.24, 2.45) is 5.92 Å². The van der Waals surface area contributed by atoms with E-state index in [2.05, 4.69) is 0 Å². The molecular formula is C8H14O2. The van der Waals surface area contributed by atoms with Crippen LogP contribution in [0.3, 0.4) is 0 Å². The number of aldehydes is 1. The van der Waals surface area contributed by atoms with Crippen LogP contribution in [0.5, 0.6) is 0 Å². The van der Waals surface area contributed by atoms with Crippen LogP contribution < -0.4 is 0 Å². The summed E-state index contributed by atoms with van der Waals surface area (Å²) in [6.07, 6.45) is 4.38. The third-order valence-electron chi connectivity index (χ3n) is 1.47. The quantitative estimate of drug-likeness (QED) is 0.472. The maximum atomic E-state index is 10.0. The summed E-state index contributed by atoms with van der Waals surface area (Å²) in [6, 6.07) is 0. The molecule has 0 aliphatic rings. The number of aliphatic hydroxyl groups excluding tert-OH is 1. The van der Waals surface area contributed by atoms with Gasteiger partial charge < -0.3 is 9.90 Å². The number of carbonyl (C=O) groups excluding carboxylic acids is 1. The van der Waals surface area contributed by atoms with Crippen LogP contribution in [0, 0.1) is 5.92 Å². The van der Waals surface area contributed by atoms with Crippen molar-refractivity contribution in [1.82, 2.24) is 0 Å². The molecule has 0 aromatic carbocycles. The minimum Gasteiger partial charge on any atom is -0.385 e. The van der Waals surface area contributed by atoms with Crippen LogP contribution in [-0.2, 0) is 4.79 Å². The molecular weight excluding hydrogens is 128 g/mol. The molecule has 58 valence electrons. The third kappa shape index (κ3) is 3.41. The zero-order chi connectivity index (χ0) is 7.98. The van der Waals surface area contributed by atoms with Gasteiger partial charge in [0.15, 0.2) is 0 Å². The van der Waals surface area contributed by atoms with Crippen LogP contribution in [0.1, 0.15) is 20.3 Å². The Morgan fingerprint density at radius 2 is 2.20 bits per heavy atom. The number of aliphatic hydroxyl groups is 1. The van der Waals surface area contributed by atoms with E-state index in [0.717, 1.165) is 6.42 Å². The van der Waals surface area contributed by atoms with Gasteiger partial charge in [-0.2, -0.15) is 0 Å². The molecule has 2 heteroatoms. The second kappa shape index (κ2) is 5.18. The lowest BCUT2D eigenvalue weighted by molar-refractivity contribution is -0.116. The van der Waals surface area contributed by atoms with E-state index in [0.29, 0.717) is 6.29 Å². The van der Waals surface area contributed by atoms with E-state index >= 15 is 0 Å². The SMILES string of the molecule is CC=CC[C@@H](C)[C@@H](O)C=O. The fraction of sp³-hybridized carbons (Fsp3) is 0.625. The Morgan fingerprint density at radius 3 is 2.60 bits per heavy atom. The standard InChI is InChI=1S/C8H14O2/c1-3-4-5-7(2)8(10)6-9/h3-4,6-8,10H,5H2,1-2H3/t7-,8+/m1/s1. The molecule has 0 saturated carbocycles. The van der Waals surface area contributed by atoms with Crippen LogP contribution in [0.2, 0.25) is 0 Å². The average Bonchev–Trinajstić information content (AvgIpc) is 1.98. The molecule has 0 unspecified atom stereocenters. The molecule has 0 aliphatic heterocycles. The zero-order valence-corrected chi connectivity index (χ0v) is 6.45. The van der Waals surface area contributed by atoms with Crippen LogP contribution >= 0.6 is 0 Å². The summed E-state index contributed by atoms with van der Waals surface area (Å²) in [6.45, 7) is 3.76. The largest absolute Gasteiger partial charge is 0.385 e. The van der Waals surface area contributed by atoms with Crippen molar-refractivity contribution in [2.45, 2.75) is 26.4 Å². The van der Waals surface area contributed by atoms with E-state index in [9.17, 15) is 4.79 Å². The summed E-state index contributed by atoms with van der Waals surface area (Å²) >= 11 is 0. The predicted octanol–water partition coefficient (Wildman–Crippen LogP) is 1.15. The van der Waals surface area contributed by atoms with Crippen LogP contribution in [0.4, 0.5) is 0 Å². The van der Waals surface area contributed by atoms with Crippen LogP contribution in [-0.4, -0.2) is 17.5 Å². The van der Waals surface area contributed by atoms with Crippen molar-refractivity contribution in [3.05, 3.63) is 12.2 Å². The molecule has 0 fully saturated rings. The molecule has 0 heterocycles. The van der Waals surface area contributed by atoms with Gasteiger partial charge in [-0.1, -0.05) is 19.1 Å². The molecule has 0 spiro atoms. The van der Waals surface area contributed by atoms with E-state index in [1.165, 1.54) is 0 Å². The first kappa shape index (κ1) is 9.37. The number of allylic oxidation sites excluding steroid dienone is 2. The summed E-state index contributed by atoms with van der Waals surface area (Å²) in [5, 5.41) is 8.95. The molecule has 10 heavy (non-hydrogen) atoms. The normalized spacial score (nSPS) is 17.1. The van der Waals surface area contributed by atoms with Gasteiger partial charge in [0.2, 0.25) is 0 Å². The third-order valence-corrected chi connectivity index (χ3v) is 1.47. The minimum absolute atomic E-state index is 0.0358. The van der Waals surface area contributed by atoms with Crippen molar-refractivity contribution in [3.8, 4) is 0 Å². The lowest BCUT2D eigenvalue weighted by atomic mass is 10.0. The van der Waals surface area contributed by atoms with E-state index in [4.69, 9.17) is 5.11 Å². The van der Waals surface area contributed by atoms with E-state index < -0.39 is 6.10 Å². The highest BCUT2D eigenvalue weighted by molar-refractivity contribution is 5.55. The first-order valence-electron chi connectivity index (χ1n) is 3.47. The molecule has 0 rings (SSSR count). The molecule has 1 N–H and O–H groups in total. The number of hydrogen-bond acceptors (Lipinski definition) is 2. The van der Waals surface area contributed by atoms with Gasteiger partial charge in [0.1, 0.15) is 12.4 Å². The van der Waals surface area contributed by atoms with Crippen LogP contribution in [0.25, 0.3) is 0 Å². The van der Waals surface area contributed by atoms with Gasteiger partial charge in [-0.3, -0.25) is 0 Å². The van der Waals surface area contributed by atoms with E-state index in [1.807, 2.05) is 26.0 Å². The van der Waals surface area contributed by atoms with Crippen molar-refractivity contribution < 1.29 is 9.90 Å². The van der Waals surface area contributed by atoms with Gasteiger partial charge in [0.25, 0.3) is 0 Å². The number of carbonyl (C=O) groups is 1. The van der Waals surface area contributed by atoms with Gasteiger partial charge in [0.05, 0.1) is 0 Å². The van der Waals surface area contributed by atoms with Crippen LogP contribution in [0.15, 0.2) is 12.2 Å². The summed E-state index contributed by atoms with van der Waals surface area (Å²) in [4.78, 5) is 10.0. The first-order valence-corrected chi connectivity index (χ1v) is 3.47. The highest BCUT2D eigenvalue weighted by Gasteiger charge is 2.09. The minimum atomic E-state index is -0.809. The van der Waals surface area contributed by atoms with Gasteiger partial charge in [-0.15, -0.1) is 0 Å². The Bertz CT molecular complexity index is 118. The smallest absolute Gasteiger partial charge is 0.148 e. The van der Waals surface area contributed by atoms with Crippen molar-refractivity contribution >= 4 is 6.29 Å². The average molecular weight is 142 g/mol. The summed E-state index contributed by atoms with van der Waals surface area (Å²) in [5.74, 6) is 0.0358. The molecule has 2 nitrogen and oxygen atoms in total. The Labute approximate surface area is 61.6 Å². The molecule has 0 aromatic heterocycles. The fourth-order valence-corrected chi connectivity index (χ4v) is 0.624. The van der Waals surface area contributed by atoms with Gasteiger partial charge in [-0.25, -0.2) is 0 Å². The number of rotatable bonds is 4. The fourth-order valence-electron chi connectivity index (χ4n) is 0.624. The Morgan fingerprint density at radius 1 is 1.60 bits per heavy atom. The second-order valence-corrected chi connectivity index (χ2v) is 2.41. The monoisotopic (exact) mass is 142 g/mol. The lowest BCUT2D eigenvalue weighted by Crippen LogP contribution is -2.17. The molecule has 0 saturated heterocycles. The first-order chi connectivity index (χ1) is 4.72. The summed E-state index contributed by atoms with van der Waals surface area (Å²) in [7, 11) is 0. The zero-order valence-electron chi connectivity index (χ0n) is 6.45. The van der Waals surface area contributed by atoms with E-state index in [1.54, 1.807) is 0 Å². The summed E-state index contributed by atoms with van der Waals surface area (Å²) in [5.41, 5.74) is 0. The second-order valence-electron chi connectivity index (χ2n) is 2.41. The highest BCUT2D eigenvalue weighted by Crippen LogP contribution is 2.06. The number of hydrogen-bond donors (Lipinski definition) is 1. The molecule has 2 atom stereocenters. The molecule has 0 aliphatic carbocycles. The molecule has 0 aromatic rings. The highest BCUT2D eigenvalue weighted by atomic mass is 16.3. The van der Waals surface area contributed by atoms with Gasteiger partial charge in [0, 0.05) is 0 Å². The molecule has 0 bridgehead atoms. The van der Waals surface area contributed by atoms with Crippen molar-refractivity contribution in [1.29, 1.82) is 0 Å². The molecule has 0 amide bonds. The lowest BCUT2D eigenvalue weighted by Gasteiger charge is -2.09. The van der Waals surface area contributed by atoms with Gasteiger partial charge >= 0.3 is 0 Å². The maximum absolute atomic E-state index is 10.0. The maximum Gasteiger partial charge on any atom is 0.148 e. The Balaban J connectivity index is 3.60. The van der Waals surface area contributed by atoms with E-state index in [-0.39, 0.29) is 5.92 Å². The Hall–Kier alpha value is -0.630. The predicted molar refractivity (Wildman–Crippen MR) is 40.7 cm³/mol. The molecule has 0 radical (unpaired) electrons. The van der Waals surface area contributed by atoms with Gasteiger partial charge in [-0.05, 0) is 19.3 Å².